The first kappa shape index (κ1) is 9.99. The van der Waals surface area contributed by atoms with E-state index < -0.39 is 0 Å². The van der Waals surface area contributed by atoms with Crippen LogP contribution >= 0.6 is 11.3 Å². The van der Waals surface area contributed by atoms with Crippen LogP contribution in [0.1, 0.15) is 6.42 Å². The Kier molecular flexibility index (Phi) is 2.29. The third-order valence-corrected chi connectivity index (χ3v) is 3.91. The molecule has 1 saturated heterocycles. The van der Waals surface area contributed by atoms with E-state index in [9.17, 15) is 4.39 Å². The molecule has 1 aromatic heterocycles. The first-order chi connectivity index (χ1) is 7.72. The average Bonchev–Trinajstić information content (AvgIpc) is 2.83. The van der Waals surface area contributed by atoms with Crippen molar-refractivity contribution < 1.29 is 4.39 Å². The lowest BCUT2D eigenvalue weighted by atomic mass is 10.3. The molecule has 84 valence electrons. The molecule has 2 N–H and O–H groups in total. The van der Waals surface area contributed by atoms with Crippen molar-refractivity contribution in [1.29, 1.82) is 0 Å². The van der Waals surface area contributed by atoms with Gasteiger partial charge in [0, 0.05) is 19.1 Å². The summed E-state index contributed by atoms with van der Waals surface area (Å²) in [4.78, 5) is 6.67. The normalized spacial score (nSPS) is 20.9. The monoisotopic (exact) mass is 237 g/mol. The van der Waals surface area contributed by atoms with Crippen LogP contribution in [0.4, 0.5) is 9.52 Å². The highest BCUT2D eigenvalue weighted by Gasteiger charge is 2.21. The van der Waals surface area contributed by atoms with E-state index in [2.05, 4.69) is 9.88 Å². The van der Waals surface area contributed by atoms with Crippen LogP contribution in [0.15, 0.2) is 18.2 Å². The second-order valence-electron chi connectivity index (χ2n) is 4.10. The van der Waals surface area contributed by atoms with Gasteiger partial charge in [0.15, 0.2) is 5.13 Å². The summed E-state index contributed by atoms with van der Waals surface area (Å²) in [5, 5.41) is 0.952. The summed E-state index contributed by atoms with van der Waals surface area (Å²) in [6, 6.07) is 4.94. The highest BCUT2D eigenvalue weighted by molar-refractivity contribution is 7.22. The third kappa shape index (κ3) is 1.66. The molecule has 1 aliphatic heterocycles. The Morgan fingerprint density at radius 2 is 2.38 bits per heavy atom. The number of hydrogen-bond acceptors (Lipinski definition) is 4. The predicted octanol–water partition coefficient (Wildman–Crippen LogP) is 1.97. The number of thiazole rings is 1. The van der Waals surface area contributed by atoms with Crippen LogP contribution in [0, 0.1) is 5.82 Å². The Morgan fingerprint density at radius 1 is 1.50 bits per heavy atom. The van der Waals surface area contributed by atoms with Crippen LogP contribution < -0.4 is 10.6 Å². The molecule has 0 aliphatic carbocycles. The molecular formula is C11H12FN3S. The van der Waals surface area contributed by atoms with E-state index in [0.717, 1.165) is 34.9 Å². The maximum Gasteiger partial charge on any atom is 0.186 e. The van der Waals surface area contributed by atoms with Crippen molar-refractivity contribution in [3.8, 4) is 0 Å². The van der Waals surface area contributed by atoms with Crippen molar-refractivity contribution in [3.63, 3.8) is 0 Å². The van der Waals surface area contributed by atoms with Gasteiger partial charge in [-0.05, 0) is 24.6 Å². The van der Waals surface area contributed by atoms with Gasteiger partial charge in [-0.1, -0.05) is 11.3 Å². The predicted molar refractivity (Wildman–Crippen MR) is 64.4 cm³/mol. The number of nitrogens with zero attached hydrogens (tertiary/aromatic N) is 2. The van der Waals surface area contributed by atoms with Gasteiger partial charge >= 0.3 is 0 Å². The zero-order valence-electron chi connectivity index (χ0n) is 8.69. The van der Waals surface area contributed by atoms with E-state index in [1.807, 2.05) is 0 Å². The van der Waals surface area contributed by atoms with Crippen molar-refractivity contribution in [2.75, 3.05) is 18.0 Å². The van der Waals surface area contributed by atoms with Crippen LogP contribution in [-0.2, 0) is 0 Å². The molecule has 16 heavy (non-hydrogen) atoms. The van der Waals surface area contributed by atoms with Crippen LogP contribution in [0.3, 0.4) is 0 Å². The minimum Gasteiger partial charge on any atom is -0.346 e. The summed E-state index contributed by atoms with van der Waals surface area (Å²) in [6.45, 7) is 1.80. The van der Waals surface area contributed by atoms with Gasteiger partial charge in [0.25, 0.3) is 0 Å². The Labute approximate surface area is 96.7 Å². The molecular weight excluding hydrogens is 225 g/mol. The summed E-state index contributed by atoms with van der Waals surface area (Å²) in [6.07, 6.45) is 1.00. The smallest absolute Gasteiger partial charge is 0.186 e. The molecule has 1 atom stereocenters. The average molecular weight is 237 g/mol. The minimum atomic E-state index is -0.208. The number of anilines is 1. The number of benzene rings is 1. The lowest BCUT2D eigenvalue weighted by Crippen LogP contribution is -2.26. The van der Waals surface area contributed by atoms with Gasteiger partial charge in [0.05, 0.1) is 10.2 Å². The maximum absolute atomic E-state index is 13.0. The third-order valence-electron chi connectivity index (χ3n) is 2.83. The van der Waals surface area contributed by atoms with Crippen LogP contribution in [0.2, 0.25) is 0 Å². The SMILES string of the molecule is N[C@@H]1CCN(c2nc3ccc(F)cc3s2)C1. The van der Waals surface area contributed by atoms with Crippen molar-refractivity contribution in [3.05, 3.63) is 24.0 Å². The van der Waals surface area contributed by atoms with E-state index in [0.29, 0.717) is 0 Å². The molecule has 3 nitrogen and oxygen atoms in total. The summed E-state index contributed by atoms with van der Waals surface area (Å²) in [5.74, 6) is -0.208. The fraction of sp³-hybridized carbons (Fsp3) is 0.364. The molecule has 0 saturated carbocycles. The van der Waals surface area contributed by atoms with Crippen molar-refractivity contribution in [2.24, 2.45) is 5.73 Å². The number of nitrogens with two attached hydrogens (primary N) is 1. The summed E-state index contributed by atoms with van der Waals surface area (Å²) >= 11 is 1.53. The Balaban J connectivity index is 1.99. The van der Waals surface area contributed by atoms with E-state index in [1.54, 1.807) is 6.07 Å². The van der Waals surface area contributed by atoms with Gasteiger partial charge in [0.2, 0.25) is 0 Å². The molecule has 1 aliphatic rings. The lowest BCUT2D eigenvalue weighted by Gasteiger charge is -2.12. The zero-order valence-corrected chi connectivity index (χ0v) is 9.51. The lowest BCUT2D eigenvalue weighted by molar-refractivity contribution is 0.630. The minimum absolute atomic E-state index is 0.208. The van der Waals surface area contributed by atoms with E-state index in [4.69, 9.17) is 5.73 Å². The van der Waals surface area contributed by atoms with Gasteiger partial charge in [-0.3, -0.25) is 0 Å². The number of aromatic nitrogens is 1. The molecule has 0 radical (unpaired) electrons. The fourth-order valence-corrected chi connectivity index (χ4v) is 3.01. The largest absolute Gasteiger partial charge is 0.346 e. The summed E-state index contributed by atoms with van der Waals surface area (Å²) in [5.41, 5.74) is 6.72. The van der Waals surface area contributed by atoms with Crippen LogP contribution in [0.5, 0.6) is 0 Å². The molecule has 0 spiro atoms. The number of fused-ring (bicyclic) bond motifs is 1. The summed E-state index contributed by atoms with van der Waals surface area (Å²) < 4.78 is 13.9. The standard InChI is InChI=1S/C11H12FN3S/c12-7-1-2-9-10(5-7)16-11(14-9)15-4-3-8(13)6-15/h1-2,5,8H,3-4,6,13H2/t8-/m1/s1. The molecule has 5 heteroatoms. The molecule has 1 aromatic carbocycles. The molecule has 3 rings (SSSR count). The number of rotatable bonds is 1. The van der Waals surface area contributed by atoms with Crippen LogP contribution in [-0.4, -0.2) is 24.1 Å². The Hall–Kier alpha value is -1.20. The first-order valence-corrected chi connectivity index (χ1v) is 6.10. The topological polar surface area (TPSA) is 42.1 Å². The quantitative estimate of drug-likeness (QED) is 0.824. The van der Waals surface area contributed by atoms with E-state index in [-0.39, 0.29) is 11.9 Å². The molecule has 0 unspecified atom stereocenters. The van der Waals surface area contributed by atoms with Crippen molar-refractivity contribution in [1.82, 2.24) is 4.98 Å². The van der Waals surface area contributed by atoms with Gasteiger partial charge in [-0.2, -0.15) is 0 Å². The van der Waals surface area contributed by atoms with Gasteiger partial charge in [-0.25, -0.2) is 9.37 Å². The molecule has 2 heterocycles. The summed E-state index contributed by atoms with van der Waals surface area (Å²) in [7, 11) is 0. The van der Waals surface area contributed by atoms with Gasteiger partial charge < -0.3 is 10.6 Å². The van der Waals surface area contributed by atoms with E-state index >= 15 is 0 Å². The number of hydrogen-bond donors (Lipinski definition) is 1. The second-order valence-corrected chi connectivity index (χ2v) is 5.11. The fourth-order valence-electron chi connectivity index (χ4n) is 1.98. The Morgan fingerprint density at radius 3 is 3.12 bits per heavy atom. The van der Waals surface area contributed by atoms with Crippen molar-refractivity contribution in [2.45, 2.75) is 12.5 Å². The van der Waals surface area contributed by atoms with Crippen molar-refractivity contribution >= 4 is 26.7 Å². The number of halogens is 1. The first-order valence-electron chi connectivity index (χ1n) is 5.29. The van der Waals surface area contributed by atoms with Gasteiger partial charge in [-0.15, -0.1) is 0 Å². The highest BCUT2D eigenvalue weighted by Crippen LogP contribution is 2.30. The molecule has 1 fully saturated rings. The Bertz CT molecular complexity index is 525. The molecule has 2 aromatic rings. The van der Waals surface area contributed by atoms with E-state index in [1.165, 1.54) is 23.5 Å². The zero-order chi connectivity index (χ0) is 11.1. The highest BCUT2D eigenvalue weighted by atomic mass is 32.1. The second kappa shape index (κ2) is 3.68. The molecule has 0 amide bonds. The van der Waals surface area contributed by atoms with Gasteiger partial charge in [0.1, 0.15) is 5.82 Å². The maximum atomic E-state index is 13.0. The molecule has 0 bridgehead atoms. The van der Waals surface area contributed by atoms with Crippen LogP contribution in [0.25, 0.3) is 10.2 Å².